The van der Waals surface area contributed by atoms with E-state index in [0.29, 0.717) is 11.8 Å². The monoisotopic (exact) mass is 660 g/mol. The molecular formula is C38H60O9. The van der Waals surface area contributed by atoms with Crippen LogP contribution < -0.4 is 5.63 Å². The van der Waals surface area contributed by atoms with Gasteiger partial charge in [-0.1, -0.05) is 88.6 Å². The summed E-state index contributed by atoms with van der Waals surface area (Å²) in [5, 5.41) is 62.8. The molecule has 2 rings (SSSR count). The van der Waals surface area contributed by atoms with Crippen molar-refractivity contribution in [3.05, 3.63) is 75.4 Å². The van der Waals surface area contributed by atoms with E-state index in [-0.39, 0.29) is 29.6 Å². The number of aliphatic hydroxyl groups excluding tert-OH is 5. The SMILES string of the molecule is CCC(C)CC(C)/C=C(C)/C=C/CC(C)C(O)C(C)/C=C(C)/C=C/C(O)C(C)(C)c1cc(O)c(C2OC(CO)CC(O)C2O)c(=O)o1. The zero-order valence-electron chi connectivity index (χ0n) is 29.8. The van der Waals surface area contributed by atoms with Crippen LogP contribution in [0.5, 0.6) is 5.75 Å². The first-order chi connectivity index (χ1) is 21.9. The Morgan fingerprint density at radius 2 is 1.70 bits per heavy atom. The second-order valence-corrected chi connectivity index (χ2v) is 14.4. The maximum atomic E-state index is 13.0. The summed E-state index contributed by atoms with van der Waals surface area (Å²) in [7, 11) is 0. The summed E-state index contributed by atoms with van der Waals surface area (Å²) in [6.07, 6.45) is 8.23. The van der Waals surface area contributed by atoms with Crippen molar-refractivity contribution < 1.29 is 39.8 Å². The zero-order chi connectivity index (χ0) is 35.6. The Hall–Kier alpha value is -2.53. The minimum Gasteiger partial charge on any atom is -0.507 e. The molecule has 266 valence electrons. The van der Waals surface area contributed by atoms with Crippen LogP contribution in [-0.4, -0.2) is 67.8 Å². The minimum atomic E-state index is -1.51. The van der Waals surface area contributed by atoms with E-state index < -0.39 is 60.0 Å². The van der Waals surface area contributed by atoms with Crippen molar-refractivity contribution in [1.82, 2.24) is 0 Å². The van der Waals surface area contributed by atoms with Crippen LogP contribution >= 0.6 is 0 Å². The smallest absolute Gasteiger partial charge is 0.345 e. The van der Waals surface area contributed by atoms with E-state index in [0.717, 1.165) is 12.0 Å². The molecule has 10 unspecified atom stereocenters. The van der Waals surface area contributed by atoms with Gasteiger partial charge in [-0.05, 0) is 58.3 Å². The van der Waals surface area contributed by atoms with Crippen molar-refractivity contribution in [3.63, 3.8) is 0 Å². The van der Waals surface area contributed by atoms with E-state index in [9.17, 15) is 35.4 Å². The highest BCUT2D eigenvalue weighted by atomic mass is 16.5. The third-order valence-electron chi connectivity index (χ3n) is 9.47. The maximum Gasteiger partial charge on any atom is 0.345 e. The molecule has 1 aromatic rings. The minimum absolute atomic E-state index is 0.00724. The van der Waals surface area contributed by atoms with Crippen LogP contribution in [0.2, 0.25) is 0 Å². The highest BCUT2D eigenvalue weighted by molar-refractivity contribution is 5.36. The second kappa shape index (κ2) is 18.3. The average Bonchev–Trinajstić information content (AvgIpc) is 3.00. The van der Waals surface area contributed by atoms with Crippen molar-refractivity contribution in [2.45, 2.75) is 130 Å². The van der Waals surface area contributed by atoms with Crippen molar-refractivity contribution >= 4 is 0 Å². The van der Waals surface area contributed by atoms with E-state index in [1.54, 1.807) is 26.0 Å². The summed E-state index contributed by atoms with van der Waals surface area (Å²) in [6, 6.07) is 1.20. The molecule has 9 nitrogen and oxygen atoms in total. The van der Waals surface area contributed by atoms with Crippen LogP contribution in [0.15, 0.2) is 62.9 Å². The molecule has 1 saturated heterocycles. The Labute approximate surface area is 281 Å². The molecule has 6 N–H and O–H groups in total. The average molecular weight is 661 g/mol. The molecule has 1 aliphatic heterocycles. The predicted molar refractivity (Wildman–Crippen MR) is 185 cm³/mol. The van der Waals surface area contributed by atoms with Gasteiger partial charge in [0.25, 0.3) is 0 Å². The molecule has 1 aromatic heterocycles. The Bertz CT molecular complexity index is 1310. The van der Waals surface area contributed by atoms with Gasteiger partial charge in [0.2, 0.25) is 0 Å². The van der Waals surface area contributed by atoms with E-state index in [4.69, 9.17) is 9.15 Å². The van der Waals surface area contributed by atoms with Gasteiger partial charge in [0.1, 0.15) is 29.3 Å². The largest absolute Gasteiger partial charge is 0.507 e. The van der Waals surface area contributed by atoms with Crippen molar-refractivity contribution in [2.24, 2.45) is 23.7 Å². The van der Waals surface area contributed by atoms with Crippen LogP contribution in [0.3, 0.4) is 0 Å². The quantitative estimate of drug-likeness (QED) is 0.124. The van der Waals surface area contributed by atoms with Crippen molar-refractivity contribution in [2.75, 3.05) is 6.61 Å². The lowest BCUT2D eigenvalue weighted by molar-refractivity contribution is -0.180. The fourth-order valence-corrected chi connectivity index (χ4v) is 6.08. The van der Waals surface area contributed by atoms with Gasteiger partial charge in [0, 0.05) is 18.4 Å². The lowest BCUT2D eigenvalue weighted by atomic mass is 9.82. The molecule has 0 aromatic carbocycles. The Balaban J connectivity index is 2.07. The highest BCUT2D eigenvalue weighted by Crippen LogP contribution is 2.37. The summed E-state index contributed by atoms with van der Waals surface area (Å²) in [5.74, 6) is 0.643. The van der Waals surface area contributed by atoms with Crippen LogP contribution in [-0.2, 0) is 10.2 Å². The Kier molecular flexibility index (Phi) is 15.8. The normalized spacial score (nSPS) is 25.6. The molecule has 0 amide bonds. The van der Waals surface area contributed by atoms with Gasteiger partial charge in [-0.3, -0.25) is 0 Å². The fraction of sp³-hybridized carbons (Fsp3) is 0.658. The van der Waals surface area contributed by atoms with E-state index in [2.05, 4.69) is 45.9 Å². The summed E-state index contributed by atoms with van der Waals surface area (Å²) < 4.78 is 11.0. The lowest BCUT2D eigenvalue weighted by Crippen LogP contribution is -2.46. The number of aromatic hydroxyl groups is 1. The van der Waals surface area contributed by atoms with Gasteiger partial charge in [-0.25, -0.2) is 4.79 Å². The molecule has 0 radical (unpaired) electrons. The van der Waals surface area contributed by atoms with E-state index in [1.807, 2.05) is 26.8 Å². The highest BCUT2D eigenvalue weighted by Gasteiger charge is 2.41. The molecular weight excluding hydrogens is 600 g/mol. The number of hydrogen-bond acceptors (Lipinski definition) is 9. The first kappa shape index (κ1) is 40.6. The van der Waals surface area contributed by atoms with E-state index in [1.165, 1.54) is 24.5 Å². The summed E-state index contributed by atoms with van der Waals surface area (Å²) in [5.41, 5.74) is -0.423. The molecule has 47 heavy (non-hydrogen) atoms. The van der Waals surface area contributed by atoms with E-state index >= 15 is 0 Å². The first-order valence-electron chi connectivity index (χ1n) is 17.0. The predicted octanol–water partition coefficient (Wildman–Crippen LogP) is 5.63. The molecule has 1 fully saturated rings. The molecule has 0 bridgehead atoms. The number of rotatable bonds is 16. The number of ether oxygens (including phenoxy) is 1. The van der Waals surface area contributed by atoms with Crippen molar-refractivity contribution in [3.8, 4) is 5.75 Å². The Morgan fingerprint density at radius 1 is 1.06 bits per heavy atom. The standard InChI is InChI=1S/C38H60O9/c1-10-22(2)16-25(5)17-23(3)12-11-13-26(6)34(43)27(7)18-24(4)14-15-31(42)38(8,9)32-20-29(40)33(37(45)47-32)36-35(44)30(41)19-28(21-39)46-36/h11-12,14-15,17-18,20,22,25-28,30-31,34-36,39-44H,10,13,16,19,21H2,1-9H3/b12-11+,15-14+,23-17+,24-18+. The maximum absolute atomic E-state index is 13.0. The van der Waals surface area contributed by atoms with Crippen LogP contribution in [0.25, 0.3) is 0 Å². The fourth-order valence-electron chi connectivity index (χ4n) is 6.08. The van der Waals surface area contributed by atoms with Gasteiger partial charge < -0.3 is 39.8 Å². The van der Waals surface area contributed by atoms with Gasteiger partial charge in [-0.15, -0.1) is 0 Å². The molecule has 0 saturated carbocycles. The zero-order valence-corrected chi connectivity index (χ0v) is 29.8. The third kappa shape index (κ3) is 11.5. The third-order valence-corrected chi connectivity index (χ3v) is 9.47. The van der Waals surface area contributed by atoms with Gasteiger partial charge in [0.15, 0.2) is 0 Å². The Morgan fingerprint density at radius 3 is 2.30 bits per heavy atom. The van der Waals surface area contributed by atoms with Gasteiger partial charge >= 0.3 is 5.63 Å². The van der Waals surface area contributed by atoms with Crippen LogP contribution in [0.1, 0.15) is 105 Å². The molecule has 0 spiro atoms. The first-order valence-corrected chi connectivity index (χ1v) is 17.0. The molecule has 2 heterocycles. The van der Waals surface area contributed by atoms with Crippen LogP contribution in [0.4, 0.5) is 0 Å². The lowest BCUT2D eigenvalue weighted by Gasteiger charge is -2.36. The molecule has 1 aliphatic rings. The molecule has 10 atom stereocenters. The number of allylic oxidation sites excluding steroid dienone is 6. The van der Waals surface area contributed by atoms with Gasteiger partial charge in [-0.2, -0.15) is 0 Å². The number of aliphatic hydroxyl groups is 5. The van der Waals surface area contributed by atoms with Crippen molar-refractivity contribution in [1.29, 1.82) is 0 Å². The molecule has 9 heteroatoms. The summed E-state index contributed by atoms with van der Waals surface area (Å²) in [4.78, 5) is 13.0. The van der Waals surface area contributed by atoms with Crippen LogP contribution in [0, 0.1) is 23.7 Å². The summed E-state index contributed by atoms with van der Waals surface area (Å²) in [6.45, 7) is 17.6. The molecule has 0 aliphatic carbocycles. The second-order valence-electron chi connectivity index (χ2n) is 14.4. The summed E-state index contributed by atoms with van der Waals surface area (Å²) >= 11 is 0. The topological polar surface area (TPSA) is 161 Å². The van der Waals surface area contributed by atoms with Gasteiger partial charge in [0.05, 0.1) is 36.4 Å². The number of hydrogen-bond donors (Lipinski definition) is 6.